The van der Waals surface area contributed by atoms with E-state index in [1.54, 1.807) is 0 Å². The molecule has 0 spiro atoms. The minimum absolute atomic E-state index is 0.0123. The van der Waals surface area contributed by atoms with Gasteiger partial charge in [-0.3, -0.25) is 0 Å². The van der Waals surface area contributed by atoms with Crippen molar-refractivity contribution in [1.82, 2.24) is 9.13 Å². The molecule has 12 heteroatoms. The van der Waals surface area contributed by atoms with E-state index in [0.717, 1.165) is 12.8 Å². The Morgan fingerprint density at radius 1 is 0.250 bits per heavy atom. The normalized spacial score (nSPS) is 19.7. The van der Waals surface area contributed by atoms with Gasteiger partial charge in [0.2, 0.25) is 0 Å². The zero-order chi connectivity index (χ0) is 96.4. The van der Waals surface area contributed by atoms with Crippen molar-refractivity contribution in [3.63, 3.8) is 0 Å². The lowest BCUT2D eigenvalue weighted by molar-refractivity contribution is 0.195. The second-order valence-electron chi connectivity index (χ2n) is 49.8. The van der Waals surface area contributed by atoms with E-state index in [2.05, 4.69) is 436 Å². The van der Waals surface area contributed by atoms with Crippen LogP contribution in [0.15, 0.2) is 255 Å². The molecule has 696 valence electrons. The summed E-state index contributed by atoms with van der Waals surface area (Å²) in [7, 11) is 0. The van der Waals surface area contributed by atoms with Crippen molar-refractivity contribution in [3.05, 3.63) is 299 Å². The van der Waals surface area contributed by atoms with Crippen LogP contribution in [-0.2, 0) is 43.3 Å². The molecule has 0 amide bonds. The summed E-state index contributed by atoms with van der Waals surface area (Å²) in [5.41, 5.74) is 40.5. The second-order valence-corrected chi connectivity index (χ2v) is 54.0. The Morgan fingerprint density at radius 2 is 0.607 bits per heavy atom. The number of aromatic nitrogens is 2. The van der Waals surface area contributed by atoms with Crippen molar-refractivity contribution >= 4 is 251 Å². The summed E-state index contributed by atoms with van der Waals surface area (Å²) in [6, 6.07) is 102. The van der Waals surface area contributed by atoms with Crippen LogP contribution in [0.25, 0.3) is 114 Å². The van der Waals surface area contributed by atoms with Crippen molar-refractivity contribution in [2.45, 2.75) is 258 Å². The van der Waals surface area contributed by atoms with Gasteiger partial charge < -0.3 is 28.7 Å². The standard InChI is InChI=1S/2C64H62BN3S2/c1-60(2,3)37-26-28-48-45(32-37)63(10)29-16-17-30-64(63,11)68(48)40-35-51-55-52(36-40)67-56-44(59-57(67)43-20-13-15-24-54(43)70-59)31-39(62(7,8)9)33-47(56)65(55)46-27-25-38(61(4,5)6)34-50(46)66(51)49-22-18-21-42-41-19-12-14-23-53(41)69-58(42)49;1-60(2,3)37-26-28-47-44(32-37)63(10)29-16-17-30-64(63,11)68(47)40-35-50-56-51(36-40)67-57-43(59-58(67)42-20-13-15-23-53(42)70-59)31-39(62(7,8)9)33-46(57)65(56)45-27-25-38(61(4,5)6)34-49(45)66(50)48-21-18-24-54-55(48)41-19-12-14-22-52(41)69-54/h2*12-15,18-28,31-36H,16-17,29-30H2,1-11H3. The van der Waals surface area contributed by atoms with Crippen LogP contribution in [0.1, 0.15) is 248 Å². The highest BCUT2D eigenvalue weighted by Gasteiger charge is 2.61. The molecule has 12 heterocycles. The number of nitrogens with zero attached hydrogens (tertiary/aromatic N) is 6. The van der Waals surface area contributed by atoms with Crippen LogP contribution in [-0.4, -0.2) is 33.6 Å². The summed E-state index contributed by atoms with van der Waals surface area (Å²) in [6.07, 6.45) is 9.64. The topological polar surface area (TPSA) is 22.8 Å². The van der Waals surface area contributed by atoms with E-state index in [0.29, 0.717) is 0 Å². The fourth-order valence-corrected chi connectivity index (χ4v) is 32.3. The van der Waals surface area contributed by atoms with Gasteiger partial charge in [-0.1, -0.05) is 316 Å². The van der Waals surface area contributed by atoms with E-state index in [4.69, 9.17) is 0 Å². The quantitative estimate of drug-likeness (QED) is 0.164. The highest BCUT2D eigenvalue weighted by molar-refractivity contribution is 7.28. The van der Waals surface area contributed by atoms with Gasteiger partial charge in [-0.05, 0) is 252 Å². The zero-order valence-electron chi connectivity index (χ0n) is 85.4. The Labute approximate surface area is 841 Å². The van der Waals surface area contributed by atoms with Gasteiger partial charge in [-0.15, -0.1) is 45.3 Å². The number of thiophene rings is 4. The summed E-state index contributed by atoms with van der Waals surface area (Å²) < 4.78 is 16.3. The SMILES string of the molecule is CC(C)(C)c1ccc2c(c1)N(c1cccc3c1sc1ccccc13)c1cc(N3c4ccc(C(C)(C)C)cc4C4(C)CCCCC34C)cc3c1B2c1cc(C(C)(C)C)cc2c4sc5ccccc5c4n-3c12.CC(C)(C)c1ccc2c(c1)N(c1cccc3sc4ccccc4c13)c1cc(N3c4ccc(C(C)(C)C)cc4C4(C)CCCCC34C)cc3c1B2c1cc(C(C)(C)C)cc2c4sc5ccccc5c4n-3c12. The van der Waals surface area contributed by atoms with Gasteiger partial charge in [0, 0.05) is 134 Å². The molecule has 0 N–H and O–H groups in total. The molecule has 6 aliphatic heterocycles. The molecular formula is C128H124B2N6S4. The zero-order valence-corrected chi connectivity index (χ0v) is 88.6. The highest BCUT2D eigenvalue weighted by Crippen LogP contribution is 2.66. The third-order valence-electron chi connectivity index (χ3n) is 35.5. The summed E-state index contributed by atoms with van der Waals surface area (Å²) in [4.78, 5) is 11.2. The smallest absolute Gasteiger partial charge is 0.252 e. The maximum absolute atomic E-state index is 2.85. The Morgan fingerprint density at radius 3 is 1.06 bits per heavy atom. The first kappa shape index (κ1) is 87.4. The molecule has 28 rings (SSSR count). The minimum atomic E-state index is -0.130. The Bertz CT molecular complexity index is 8850. The van der Waals surface area contributed by atoms with E-state index in [1.165, 1.54) is 287 Å². The molecule has 20 aromatic rings. The van der Waals surface area contributed by atoms with Crippen molar-refractivity contribution in [2.75, 3.05) is 19.6 Å². The molecule has 4 unspecified atom stereocenters. The average molecular weight is 1900 g/mol. The van der Waals surface area contributed by atoms with Crippen molar-refractivity contribution in [2.24, 2.45) is 0 Å². The summed E-state index contributed by atoms with van der Waals surface area (Å²) in [6.45, 7) is 53.3. The van der Waals surface area contributed by atoms with Crippen molar-refractivity contribution in [3.8, 4) is 11.4 Å². The lowest BCUT2D eigenvalue weighted by atomic mass is 9.33. The third kappa shape index (κ3) is 11.9. The molecule has 4 atom stereocenters. The molecule has 0 bridgehead atoms. The monoisotopic (exact) mass is 1890 g/mol. The number of rotatable bonds is 4. The predicted octanol–water partition coefficient (Wildman–Crippen LogP) is 33.2. The van der Waals surface area contributed by atoms with Crippen LogP contribution in [0, 0.1) is 0 Å². The van der Waals surface area contributed by atoms with Crippen molar-refractivity contribution in [1.29, 1.82) is 0 Å². The fourth-order valence-electron chi connectivity index (χ4n) is 27.5. The first-order valence-corrected chi connectivity index (χ1v) is 54.9. The molecule has 0 radical (unpaired) electrons. The Balaban J connectivity index is 0.000000141. The van der Waals surface area contributed by atoms with Crippen LogP contribution >= 0.6 is 45.3 Å². The van der Waals surface area contributed by atoms with Gasteiger partial charge in [0.15, 0.2) is 0 Å². The highest BCUT2D eigenvalue weighted by atomic mass is 32.1. The van der Waals surface area contributed by atoms with E-state index in [9.17, 15) is 0 Å². The maximum Gasteiger partial charge on any atom is 0.252 e. The van der Waals surface area contributed by atoms with Crippen LogP contribution in [0.5, 0.6) is 0 Å². The number of hydrogen-bond acceptors (Lipinski definition) is 8. The number of fused-ring (bicyclic) bond motifs is 30. The first-order chi connectivity index (χ1) is 66.7. The van der Waals surface area contributed by atoms with Gasteiger partial charge in [-0.2, -0.15) is 0 Å². The number of benzene rings is 14. The van der Waals surface area contributed by atoms with Gasteiger partial charge in [0.1, 0.15) is 0 Å². The molecule has 14 aromatic carbocycles. The molecule has 6 aromatic heterocycles. The van der Waals surface area contributed by atoms with Gasteiger partial charge in [0.05, 0.1) is 58.6 Å². The third-order valence-corrected chi connectivity index (χ3v) is 40.3. The van der Waals surface area contributed by atoms with Crippen molar-refractivity contribution < 1.29 is 0 Å². The molecule has 6 nitrogen and oxygen atoms in total. The largest absolute Gasteiger partial charge is 0.334 e. The fraction of sp³-hybridized carbons (Fsp3) is 0.312. The van der Waals surface area contributed by atoms with Gasteiger partial charge in [-0.25, -0.2) is 0 Å². The molecule has 8 aliphatic rings. The molecule has 2 aliphatic carbocycles. The van der Waals surface area contributed by atoms with Crippen LogP contribution in [0.3, 0.4) is 0 Å². The molecule has 140 heavy (non-hydrogen) atoms. The van der Waals surface area contributed by atoms with Gasteiger partial charge in [0.25, 0.3) is 13.4 Å². The van der Waals surface area contributed by atoms with E-state index < -0.39 is 0 Å². The van der Waals surface area contributed by atoms with Gasteiger partial charge >= 0.3 is 0 Å². The molecular weight excluding hydrogens is 1770 g/mol. The first-order valence-electron chi connectivity index (χ1n) is 51.7. The number of anilines is 10. The Hall–Kier alpha value is -11.6. The van der Waals surface area contributed by atoms with Crippen LogP contribution in [0.4, 0.5) is 56.9 Å². The maximum atomic E-state index is 2.85. The lowest BCUT2D eigenvalue weighted by Gasteiger charge is -2.51. The summed E-state index contributed by atoms with van der Waals surface area (Å²) in [5, 5.41) is 10.8. The predicted molar refractivity (Wildman–Crippen MR) is 615 cm³/mol. The van der Waals surface area contributed by atoms with Crippen LogP contribution < -0.4 is 52.4 Å². The molecule has 0 saturated heterocycles. The molecule has 2 saturated carbocycles. The Kier molecular flexibility index (Phi) is 18.2. The summed E-state index contributed by atoms with van der Waals surface area (Å²) in [5.74, 6) is 0. The molecule has 2 fully saturated rings. The van der Waals surface area contributed by atoms with E-state index in [-0.39, 0.29) is 67.8 Å². The summed E-state index contributed by atoms with van der Waals surface area (Å²) >= 11 is 7.81. The average Bonchev–Trinajstić information content (AvgIpc) is 1.47. The second kappa shape index (κ2) is 29.1. The van der Waals surface area contributed by atoms with E-state index in [1.807, 2.05) is 45.3 Å². The number of hydrogen-bond donors (Lipinski definition) is 0. The van der Waals surface area contributed by atoms with E-state index >= 15 is 0 Å². The van der Waals surface area contributed by atoms with Crippen LogP contribution in [0.2, 0.25) is 0 Å². The minimum Gasteiger partial charge on any atom is -0.334 e. The lowest BCUT2D eigenvalue weighted by Crippen LogP contribution is -2.61.